The largest absolute Gasteiger partial charge is 0.277 e. The van der Waals surface area contributed by atoms with E-state index in [1.807, 2.05) is 18.2 Å². The predicted octanol–water partition coefficient (Wildman–Crippen LogP) is 1.04. The van der Waals surface area contributed by atoms with E-state index >= 15 is 0 Å². The Balaban J connectivity index is 2.46. The molecular formula is C11H11N. The van der Waals surface area contributed by atoms with E-state index < -0.39 is 0 Å². The number of fused-ring (bicyclic) bond motifs is 1. The first-order valence-electron chi connectivity index (χ1n) is 4.16. The van der Waals surface area contributed by atoms with Crippen molar-refractivity contribution in [2.45, 2.75) is 12.5 Å². The maximum atomic E-state index is 4.51. The van der Waals surface area contributed by atoms with E-state index in [4.69, 9.17) is 0 Å². The van der Waals surface area contributed by atoms with Gasteiger partial charge in [-0.1, -0.05) is 30.4 Å². The summed E-state index contributed by atoms with van der Waals surface area (Å²) in [5, 5.41) is 2.37. The minimum absolute atomic E-state index is 0.319. The van der Waals surface area contributed by atoms with Crippen LogP contribution in [0.5, 0.6) is 0 Å². The van der Waals surface area contributed by atoms with Crippen LogP contribution in [-0.4, -0.2) is 6.04 Å². The summed E-state index contributed by atoms with van der Waals surface area (Å²) in [5.41, 5.74) is 0. The molecule has 1 nitrogen and oxygen atoms in total. The van der Waals surface area contributed by atoms with E-state index in [0.29, 0.717) is 6.04 Å². The first-order valence-corrected chi connectivity index (χ1v) is 4.16. The van der Waals surface area contributed by atoms with Gasteiger partial charge in [-0.25, -0.2) is 0 Å². The maximum absolute atomic E-state index is 4.51. The van der Waals surface area contributed by atoms with Crippen LogP contribution in [0, 0.1) is 0 Å². The van der Waals surface area contributed by atoms with Gasteiger partial charge in [0.25, 0.3) is 0 Å². The lowest BCUT2D eigenvalue weighted by Crippen LogP contribution is -2.19. The molecule has 1 aromatic carbocycles. The third-order valence-electron chi connectivity index (χ3n) is 2.02. The fourth-order valence-electron chi connectivity index (χ4n) is 1.46. The van der Waals surface area contributed by atoms with E-state index in [9.17, 15) is 0 Å². The minimum atomic E-state index is 0.319. The van der Waals surface area contributed by atoms with E-state index in [-0.39, 0.29) is 0 Å². The van der Waals surface area contributed by atoms with Gasteiger partial charge in [0.2, 0.25) is 0 Å². The van der Waals surface area contributed by atoms with Gasteiger partial charge in [0.05, 0.1) is 11.4 Å². The molecular weight excluding hydrogens is 146 g/mol. The van der Waals surface area contributed by atoms with Crippen LogP contribution in [-0.2, 0) is 0 Å². The Morgan fingerprint density at radius 1 is 1.42 bits per heavy atom. The fraction of sp³-hybridized carbons (Fsp3) is 0.182. The highest BCUT2D eigenvalue weighted by atomic mass is 14.8. The summed E-state index contributed by atoms with van der Waals surface area (Å²) in [6, 6.07) is 8.53. The lowest BCUT2D eigenvalue weighted by atomic mass is 10.2. The zero-order chi connectivity index (χ0) is 8.39. The molecule has 0 amide bonds. The van der Waals surface area contributed by atoms with Crippen molar-refractivity contribution in [2.75, 3.05) is 0 Å². The molecule has 1 atom stereocenters. The molecule has 2 rings (SSSR count). The van der Waals surface area contributed by atoms with Crippen LogP contribution in [0.4, 0.5) is 0 Å². The monoisotopic (exact) mass is 157 g/mol. The van der Waals surface area contributed by atoms with Crippen molar-refractivity contribution in [2.24, 2.45) is 4.99 Å². The Morgan fingerprint density at radius 2 is 2.25 bits per heavy atom. The first kappa shape index (κ1) is 7.29. The third-order valence-corrected chi connectivity index (χ3v) is 2.02. The molecule has 1 heterocycles. The Kier molecular flexibility index (Phi) is 1.78. The SMILES string of the molecule is C=CCC1C=c2ccccc2=N1. The van der Waals surface area contributed by atoms with Crippen molar-refractivity contribution in [1.29, 1.82) is 0 Å². The Bertz CT molecular complexity index is 368. The molecule has 0 aromatic heterocycles. The second-order valence-corrected chi connectivity index (χ2v) is 2.95. The van der Waals surface area contributed by atoms with Crippen molar-refractivity contribution in [1.82, 2.24) is 0 Å². The molecule has 0 saturated heterocycles. The zero-order valence-electron chi connectivity index (χ0n) is 6.90. The molecule has 1 unspecified atom stereocenters. The van der Waals surface area contributed by atoms with Gasteiger partial charge in [-0.15, -0.1) is 6.58 Å². The smallest absolute Gasteiger partial charge is 0.0731 e. The molecule has 0 radical (unpaired) electrons. The highest BCUT2D eigenvalue weighted by molar-refractivity contribution is 5.34. The molecule has 1 aliphatic rings. The van der Waals surface area contributed by atoms with Crippen LogP contribution in [0.15, 0.2) is 41.9 Å². The lowest BCUT2D eigenvalue weighted by Gasteiger charge is -1.95. The highest BCUT2D eigenvalue weighted by Crippen LogP contribution is 2.01. The van der Waals surface area contributed by atoms with Gasteiger partial charge in [-0.3, -0.25) is 4.99 Å². The predicted molar refractivity (Wildman–Crippen MR) is 50.3 cm³/mol. The normalized spacial score (nSPS) is 19.2. The average molecular weight is 157 g/mol. The maximum Gasteiger partial charge on any atom is 0.0731 e. The summed E-state index contributed by atoms with van der Waals surface area (Å²) in [4.78, 5) is 4.51. The van der Waals surface area contributed by atoms with Crippen molar-refractivity contribution in [3.05, 3.63) is 47.5 Å². The third kappa shape index (κ3) is 1.18. The van der Waals surface area contributed by atoms with Gasteiger partial charge >= 0.3 is 0 Å². The molecule has 0 aliphatic carbocycles. The van der Waals surface area contributed by atoms with Gasteiger partial charge in [0.15, 0.2) is 0 Å². The number of hydrogen-bond acceptors (Lipinski definition) is 1. The summed E-state index contributed by atoms with van der Waals surface area (Å²) in [6.45, 7) is 3.71. The van der Waals surface area contributed by atoms with Crippen LogP contribution in [0.2, 0.25) is 0 Å². The Labute approximate surface area is 71.8 Å². The topological polar surface area (TPSA) is 12.4 Å². The quantitative estimate of drug-likeness (QED) is 0.569. The van der Waals surface area contributed by atoms with E-state index in [1.165, 1.54) is 5.22 Å². The van der Waals surface area contributed by atoms with Gasteiger partial charge in [-0.2, -0.15) is 0 Å². The zero-order valence-corrected chi connectivity index (χ0v) is 6.90. The van der Waals surface area contributed by atoms with Gasteiger partial charge in [-0.05, 0) is 17.7 Å². The Morgan fingerprint density at radius 3 is 3.00 bits per heavy atom. The second-order valence-electron chi connectivity index (χ2n) is 2.95. The number of hydrogen-bond donors (Lipinski definition) is 0. The van der Waals surface area contributed by atoms with E-state index in [0.717, 1.165) is 11.8 Å². The molecule has 0 fully saturated rings. The van der Waals surface area contributed by atoms with Crippen LogP contribution >= 0.6 is 0 Å². The van der Waals surface area contributed by atoms with Crippen LogP contribution in [0.25, 0.3) is 6.08 Å². The van der Waals surface area contributed by atoms with Gasteiger partial charge < -0.3 is 0 Å². The summed E-state index contributed by atoms with van der Waals surface area (Å²) in [7, 11) is 0. The van der Waals surface area contributed by atoms with E-state index in [1.54, 1.807) is 0 Å². The minimum Gasteiger partial charge on any atom is -0.277 e. The molecule has 0 bridgehead atoms. The van der Waals surface area contributed by atoms with Crippen molar-refractivity contribution in [3.63, 3.8) is 0 Å². The van der Waals surface area contributed by atoms with Crippen molar-refractivity contribution >= 4 is 6.08 Å². The molecule has 0 N–H and O–H groups in total. The molecule has 60 valence electrons. The van der Waals surface area contributed by atoms with Crippen molar-refractivity contribution in [3.8, 4) is 0 Å². The first-order chi connectivity index (χ1) is 5.90. The summed E-state index contributed by atoms with van der Waals surface area (Å²) < 4.78 is 0. The summed E-state index contributed by atoms with van der Waals surface area (Å²) in [6.07, 6.45) is 5.04. The van der Waals surface area contributed by atoms with Gasteiger partial charge in [0.1, 0.15) is 0 Å². The number of benzene rings is 1. The fourth-order valence-corrected chi connectivity index (χ4v) is 1.46. The summed E-state index contributed by atoms with van der Waals surface area (Å²) >= 11 is 0. The standard InChI is InChI=1S/C11H11N/c1-2-5-10-8-9-6-3-4-7-11(9)12-10/h2-4,6-8,10H,1,5H2. The molecule has 1 aromatic rings. The highest BCUT2D eigenvalue weighted by Gasteiger charge is 2.04. The van der Waals surface area contributed by atoms with Crippen molar-refractivity contribution < 1.29 is 0 Å². The Hall–Kier alpha value is -1.37. The average Bonchev–Trinajstić information content (AvgIpc) is 2.47. The van der Waals surface area contributed by atoms with Crippen LogP contribution in [0.1, 0.15) is 6.42 Å². The number of para-hydroxylation sites is 1. The molecule has 1 heteroatoms. The molecule has 12 heavy (non-hydrogen) atoms. The number of rotatable bonds is 2. The second kappa shape index (κ2) is 2.94. The molecule has 0 spiro atoms. The lowest BCUT2D eigenvalue weighted by molar-refractivity contribution is 0.865. The van der Waals surface area contributed by atoms with E-state index in [2.05, 4.69) is 29.8 Å². The molecule has 1 aliphatic heterocycles. The summed E-state index contributed by atoms with van der Waals surface area (Å²) in [5.74, 6) is 0. The van der Waals surface area contributed by atoms with Crippen LogP contribution < -0.4 is 10.6 Å². The van der Waals surface area contributed by atoms with Gasteiger partial charge in [0, 0.05) is 0 Å². The van der Waals surface area contributed by atoms with Crippen LogP contribution in [0.3, 0.4) is 0 Å². The number of nitrogens with zero attached hydrogens (tertiary/aromatic N) is 1. The molecule has 0 saturated carbocycles.